The minimum atomic E-state index is 0.251. The monoisotopic (exact) mass is 362 g/mol. The largest absolute Gasteiger partial charge is 0.470 e. The van der Waals surface area contributed by atoms with Gasteiger partial charge in [0.2, 0.25) is 5.88 Å². The number of ether oxygens (including phenoxy) is 1. The summed E-state index contributed by atoms with van der Waals surface area (Å²) in [5.74, 6) is 1.15. The van der Waals surface area contributed by atoms with Crippen LogP contribution in [0.5, 0.6) is 5.88 Å². The second-order valence-electron chi connectivity index (χ2n) is 6.10. The van der Waals surface area contributed by atoms with Crippen LogP contribution in [0.25, 0.3) is 27.9 Å². The van der Waals surface area contributed by atoms with Crippen LogP contribution < -0.4 is 4.74 Å². The summed E-state index contributed by atoms with van der Waals surface area (Å²) in [4.78, 5) is 4.65. The van der Waals surface area contributed by atoms with Crippen LogP contribution >= 0.6 is 0 Å². The van der Waals surface area contributed by atoms with E-state index in [0.717, 1.165) is 10.9 Å². The van der Waals surface area contributed by atoms with E-state index in [2.05, 4.69) is 30.8 Å². The van der Waals surface area contributed by atoms with E-state index in [1.54, 1.807) is 28.5 Å². The summed E-state index contributed by atoms with van der Waals surface area (Å²) in [5, 5.41) is 21.3. The van der Waals surface area contributed by atoms with E-state index in [1.807, 2.05) is 31.2 Å². The van der Waals surface area contributed by atoms with Gasteiger partial charge in [0.25, 0.3) is 0 Å². The van der Waals surface area contributed by atoms with Crippen LogP contribution in [0.4, 0.5) is 0 Å². The summed E-state index contributed by atoms with van der Waals surface area (Å²) in [6, 6.07) is 9.50. The van der Waals surface area contributed by atoms with Crippen molar-refractivity contribution in [3.63, 3.8) is 0 Å². The third-order valence-electron chi connectivity index (χ3n) is 4.09. The van der Waals surface area contributed by atoms with Gasteiger partial charge in [-0.05, 0) is 19.1 Å². The molecule has 4 aromatic heterocycles. The predicted molar refractivity (Wildman–Crippen MR) is 93.9 cm³/mol. The van der Waals surface area contributed by atoms with Crippen molar-refractivity contribution >= 4 is 16.6 Å². The molecule has 0 aliphatic rings. The average molecular weight is 362 g/mol. The Morgan fingerprint density at radius 2 is 2.04 bits per heavy atom. The van der Waals surface area contributed by atoms with Crippen molar-refractivity contribution in [2.24, 2.45) is 7.05 Å². The summed E-state index contributed by atoms with van der Waals surface area (Å²) in [5.41, 5.74) is 3.18. The van der Waals surface area contributed by atoms with E-state index in [4.69, 9.17) is 9.26 Å². The number of hydrogen-bond acceptors (Lipinski definition) is 8. The van der Waals surface area contributed by atoms with Crippen molar-refractivity contribution in [3.8, 4) is 17.3 Å². The smallest absolute Gasteiger partial charge is 0.225 e. The molecule has 0 unspecified atom stereocenters. The highest BCUT2D eigenvalue weighted by atomic mass is 16.5. The maximum atomic E-state index is 5.95. The fourth-order valence-electron chi connectivity index (χ4n) is 2.89. The Bertz CT molecular complexity index is 1270. The Morgan fingerprint density at radius 3 is 2.81 bits per heavy atom. The van der Waals surface area contributed by atoms with Gasteiger partial charge in [-0.1, -0.05) is 27.7 Å². The number of aryl methyl sites for hydroxylation is 2. The van der Waals surface area contributed by atoms with Crippen LogP contribution in [0, 0.1) is 6.92 Å². The van der Waals surface area contributed by atoms with Crippen molar-refractivity contribution in [1.29, 1.82) is 0 Å². The molecule has 27 heavy (non-hydrogen) atoms. The van der Waals surface area contributed by atoms with Crippen LogP contribution in [0.3, 0.4) is 0 Å². The molecule has 0 fully saturated rings. The highest BCUT2D eigenvalue weighted by Gasteiger charge is 2.18. The van der Waals surface area contributed by atoms with Gasteiger partial charge in [0.15, 0.2) is 11.3 Å². The van der Waals surface area contributed by atoms with Gasteiger partial charge in [0.1, 0.15) is 23.8 Å². The molecule has 0 spiro atoms. The topological polar surface area (TPSA) is 109 Å². The van der Waals surface area contributed by atoms with Gasteiger partial charge in [-0.25, -0.2) is 0 Å². The zero-order valence-electron chi connectivity index (χ0n) is 14.6. The summed E-state index contributed by atoms with van der Waals surface area (Å²) < 4.78 is 14.4. The third-order valence-corrected chi connectivity index (χ3v) is 4.09. The first-order chi connectivity index (χ1) is 13.2. The molecule has 134 valence electrons. The first kappa shape index (κ1) is 15.4. The van der Waals surface area contributed by atoms with E-state index in [9.17, 15) is 0 Å². The minimum absolute atomic E-state index is 0.251. The van der Waals surface area contributed by atoms with Crippen molar-refractivity contribution in [3.05, 3.63) is 48.0 Å². The van der Waals surface area contributed by atoms with Gasteiger partial charge in [-0.3, -0.25) is 4.68 Å². The highest BCUT2D eigenvalue weighted by molar-refractivity contribution is 5.88. The Balaban J connectivity index is 1.66. The van der Waals surface area contributed by atoms with E-state index in [1.165, 1.54) is 0 Å². The van der Waals surface area contributed by atoms with E-state index in [-0.39, 0.29) is 6.61 Å². The molecular weight excluding hydrogens is 348 g/mol. The highest BCUT2D eigenvalue weighted by Crippen LogP contribution is 2.29. The van der Waals surface area contributed by atoms with Gasteiger partial charge in [-0.2, -0.15) is 9.50 Å². The Morgan fingerprint density at radius 1 is 1.15 bits per heavy atom. The van der Waals surface area contributed by atoms with Gasteiger partial charge < -0.3 is 9.26 Å². The number of rotatable bonds is 4. The van der Waals surface area contributed by atoms with E-state index >= 15 is 0 Å². The van der Waals surface area contributed by atoms with Gasteiger partial charge in [0.05, 0.1) is 17.1 Å². The van der Waals surface area contributed by atoms with Crippen molar-refractivity contribution < 1.29 is 9.26 Å². The molecule has 0 saturated carbocycles. The average Bonchev–Trinajstić information content (AvgIpc) is 3.39. The molecule has 5 aromatic rings. The Kier molecular flexibility index (Phi) is 3.35. The molecule has 0 bridgehead atoms. The number of fused-ring (bicyclic) bond motifs is 3. The molecule has 0 radical (unpaired) electrons. The summed E-state index contributed by atoms with van der Waals surface area (Å²) >= 11 is 0. The maximum absolute atomic E-state index is 5.95. The lowest BCUT2D eigenvalue weighted by Gasteiger charge is -2.08. The number of aromatic nitrogens is 8. The van der Waals surface area contributed by atoms with Gasteiger partial charge in [0, 0.05) is 13.1 Å². The first-order valence-corrected chi connectivity index (χ1v) is 8.25. The number of nitrogens with zero attached hydrogens (tertiary/aromatic N) is 8. The van der Waals surface area contributed by atoms with E-state index in [0.29, 0.717) is 34.4 Å². The van der Waals surface area contributed by atoms with Gasteiger partial charge in [-0.15, -0.1) is 10.2 Å². The normalized spacial score (nSPS) is 11.5. The van der Waals surface area contributed by atoms with Crippen molar-refractivity contribution in [1.82, 2.24) is 40.0 Å². The number of hydrogen-bond donors (Lipinski definition) is 0. The third kappa shape index (κ3) is 2.58. The molecule has 10 heteroatoms. The van der Waals surface area contributed by atoms with Crippen LogP contribution in [-0.4, -0.2) is 40.0 Å². The molecule has 1 aromatic carbocycles. The van der Waals surface area contributed by atoms with Gasteiger partial charge >= 0.3 is 0 Å². The zero-order chi connectivity index (χ0) is 18.4. The number of benzene rings is 1. The molecule has 0 amide bonds. The molecule has 0 aliphatic carbocycles. The number of para-hydroxylation sites is 1. The summed E-state index contributed by atoms with van der Waals surface area (Å²) in [7, 11) is 1.81. The molecule has 10 nitrogen and oxygen atoms in total. The first-order valence-electron chi connectivity index (χ1n) is 8.25. The molecule has 0 saturated heterocycles. The standard InChI is InChI=1S/C17H14N8O2/c1-10-7-13(21-27-10)15-16-18-17(26-9-11-8-24(2)22-19-11)12-5-3-4-6-14(12)25(16)23-20-15/h3-8H,9H2,1-2H3. The van der Waals surface area contributed by atoms with Crippen LogP contribution in [0.2, 0.25) is 0 Å². The van der Waals surface area contributed by atoms with Crippen molar-refractivity contribution in [2.45, 2.75) is 13.5 Å². The summed E-state index contributed by atoms with van der Waals surface area (Å²) in [6.07, 6.45) is 1.80. The summed E-state index contributed by atoms with van der Waals surface area (Å²) in [6.45, 7) is 2.07. The SMILES string of the molecule is Cc1cc(-c2nnn3c2nc(OCc2cn(C)nn2)c2ccccc23)no1. The zero-order valence-corrected chi connectivity index (χ0v) is 14.6. The van der Waals surface area contributed by atoms with Crippen LogP contribution in [0.15, 0.2) is 41.1 Å². The lowest BCUT2D eigenvalue weighted by Crippen LogP contribution is -2.02. The lowest BCUT2D eigenvalue weighted by molar-refractivity contribution is 0.293. The van der Waals surface area contributed by atoms with Crippen LogP contribution in [-0.2, 0) is 13.7 Å². The molecule has 4 heterocycles. The predicted octanol–water partition coefficient (Wildman–Crippen LogP) is 1.95. The fourth-order valence-corrected chi connectivity index (χ4v) is 2.89. The molecule has 0 N–H and O–H groups in total. The minimum Gasteiger partial charge on any atom is -0.470 e. The molecular formula is C17H14N8O2. The van der Waals surface area contributed by atoms with Crippen LogP contribution in [0.1, 0.15) is 11.5 Å². The fraction of sp³-hybridized carbons (Fsp3) is 0.176. The second-order valence-corrected chi connectivity index (χ2v) is 6.10. The quantitative estimate of drug-likeness (QED) is 0.477. The molecule has 0 aliphatic heterocycles. The molecule has 0 atom stereocenters. The maximum Gasteiger partial charge on any atom is 0.225 e. The Hall–Kier alpha value is -3.82. The van der Waals surface area contributed by atoms with Crippen molar-refractivity contribution in [2.75, 3.05) is 0 Å². The lowest BCUT2D eigenvalue weighted by atomic mass is 10.2. The van der Waals surface area contributed by atoms with E-state index < -0.39 is 0 Å². The second kappa shape index (κ2) is 5.87. The molecule has 5 rings (SSSR count). The Labute approximate surface area is 152 Å².